The van der Waals surface area contributed by atoms with E-state index < -0.39 is 0 Å². The standard InChI is InChI=1S/C15H16N6O3S/c1-9-7-25-13(18-9)6-17-12(22)3-4-21-8-16-5-11(15(21)23)14-19-10(2)20-24-14/h5,7-8H,3-4,6H2,1-2H3,(H,17,22). The van der Waals surface area contributed by atoms with Gasteiger partial charge < -0.3 is 9.84 Å². The molecule has 0 fully saturated rings. The molecule has 0 radical (unpaired) electrons. The summed E-state index contributed by atoms with van der Waals surface area (Å²) in [5.74, 6) is 0.383. The topological polar surface area (TPSA) is 116 Å². The van der Waals surface area contributed by atoms with E-state index >= 15 is 0 Å². The second-order valence-electron chi connectivity index (χ2n) is 5.36. The van der Waals surface area contributed by atoms with Gasteiger partial charge in [0.1, 0.15) is 10.6 Å². The first-order valence-electron chi connectivity index (χ1n) is 7.56. The number of thiazole rings is 1. The lowest BCUT2D eigenvalue weighted by Crippen LogP contribution is -2.27. The number of amides is 1. The van der Waals surface area contributed by atoms with Crippen LogP contribution in [0, 0.1) is 13.8 Å². The molecule has 3 rings (SSSR count). The maximum atomic E-state index is 12.4. The molecular formula is C15H16N6O3S. The summed E-state index contributed by atoms with van der Waals surface area (Å²) in [6.07, 6.45) is 2.90. The van der Waals surface area contributed by atoms with Crippen molar-refractivity contribution in [1.82, 2.24) is 30.0 Å². The molecular weight excluding hydrogens is 344 g/mol. The van der Waals surface area contributed by atoms with Gasteiger partial charge in [-0.3, -0.25) is 14.2 Å². The summed E-state index contributed by atoms with van der Waals surface area (Å²) in [4.78, 5) is 36.7. The molecule has 3 heterocycles. The normalized spacial score (nSPS) is 10.8. The second-order valence-corrected chi connectivity index (χ2v) is 6.30. The van der Waals surface area contributed by atoms with E-state index in [4.69, 9.17) is 4.52 Å². The largest absolute Gasteiger partial charge is 0.350 e. The van der Waals surface area contributed by atoms with Crippen molar-refractivity contribution in [1.29, 1.82) is 0 Å². The molecule has 0 aromatic carbocycles. The number of carbonyl (C=O) groups excluding carboxylic acids is 1. The van der Waals surface area contributed by atoms with Crippen LogP contribution in [-0.2, 0) is 17.9 Å². The highest BCUT2D eigenvalue weighted by Crippen LogP contribution is 2.11. The van der Waals surface area contributed by atoms with Gasteiger partial charge in [-0.05, 0) is 13.8 Å². The quantitative estimate of drug-likeness (QED) is 0.699. The number of carbonyl (C=O) groups is 1. The van der Waals surface area contributed by atoms with E-state index in [2.05, 4.69) is 25.4 Å². The average Bonchev–Trinajstić information content (AvgIpc) is 3.20. The van der Waals surface area contributed by atoms with E-state index in [1.807, 2.05) is 12.3 Å². The molecule has 0 spiro atoms. The van der Waals surface area contributed by atoms with Crippen molar-refractivity contribution >= 4 is 17.2 Å². The van der Waals surface area contributed by atoms with E-state index in [1.54, 1.807) is 6.92 Å². The summed E-state index contributed by atoms with van der Waals surface area (Å²) >= 11 is 1.50. The molecule has 9 nitrogen and oxygen atoms in total. The number of hydrogen-bond acceptors (Lipinski definition) is 8. The van der Waals surface area contributed by atoms with Gasteiger partial charge in [0.25, 0.3) is 11.4 Å². The number of hydrogen-bond donors (Lipinski definition) is 1. The molecule has 0 bridgehead atoms. The maximum absolute atomic E-state index is 12.4. The first-order valence-corrected chi connectivity index (χ1v) is 8.43. The molecule has 10 heteroatoms. The van der Waals surface area contributed by atoms with Crippen LogP contribution >= 0.6 is 11.3 Å². The van der Waals surface area contributed by atoms with Gasteiger partial charge in [-0.25, -0.2) is 9.97 Å². The van der Waals surface area contributed by atoms with Gasteiger partial charge in [0.05, 0.1) is 12.9 Å². The highest BCUT2D eigenvalue weighted by atomic mass is 32.1. The number of aryl methyl sites for hydroxylation is 3. The average molecular weight is 360 g/mol. The van der Waals surface area contributed by atoms with Crippen molar-refractivity contribution < 1.29 is 9.32 Å². The van der Waals surface area contributed by atoms with E-state index in [0.717, 1.165) is 10.7 Å². The van der Waals surface area contributed by atoms with Crippen LogP contribution in [0.25, 0.3) is 11.5 Å². The van der Waals surface area contributed by atoms with Crippen molar-refractivity contribution in [2.24, 2.45) is 0 Å². The Morgan fingerprint density at radius 2 is 2.20 bits per heavy atom. The van der Waals surface area contributed by atoms with Crippen molar-refractivity contribution in [2.45, 2.75) is 33.4 Å². The van der Waals surface area contributed by atoms with Crippen molar-refractivity contribution in [3.63, 3.8) is 0 Å². The number of nitrogens with one attached hydrogen (secondary N) is 1. The molecule has 3 aromatic heterocycles. The smallest absolute Gasteiger partial charge is 0.266 e. The third-order valence-corrected chi connectivity index (χ3v) is 4.31. The Morgan fingerprint density at radius 3 is 2.88 bits per heavy atom. The highest BCUT2D eigenvalue weighted by Gasteiger charge is 2.13. The molecule has 1 amide bonds. The third kappa shape index (κ3) is 4.15. The predicted octanol–water partition coefficient (Wildman–Crippen LogP) is 1.07. The fraction of sp³-hybridized carbons (Fsp3) is 0.333. The minimum atomic E-state index is -0.331. The number of nitrogens with zero attached hydrogens (tertiary/aromatic N) is 5. The van der Waals surface area contributed by atoms with Crippen LogP contribution in [0.3, 0.4) is 0 Å². The van der Waals surface area contributed by atoms with Gasteiger partial charge in [-0.15, -0.1) is 11.3 Å². The van der Waals surface area contributed by atoms with Crippen LogP contribution in [0.2, 0.25) is 0 Å². The molecule has 25 heavy (non-hydrogen) atoms. The summed E-state index contributed by atoms with van der Waals surface area (Å²) in [6.45, 7) is 4.15. The zero-order chi connectivity index (χ0) is 17.8. The minimum Gasteiger partial charge on any atom is -0.350 e. The second kappa shape index (κ2) is 7.34. The monoisotopic (exact) mass is 360 g/mol. The van der Waals surface area contributed by atoms with Crippen molar-refractivity contribution in [2.75, 3.05) is 0 Å². The first kappa shape index (κ1) is 17.0. The zero-order valence-corrected chi connectivity index (χ0v) is 14.5. The Labute approximate surface area is 146 Å². The molecule has 0 saturated carbocycles. The van der Waals surface area contributed by atoms with Gasteiger partial charge >= 0.3 is 0 Å². The van der Waals surface area contributed by atoms with Crippen LogP contribution in [0.1, 0.15) is 22.9 Å². The summed E-state index contributed by atoms with van der Waals surface area (Å²) in [5.41, 5.74) is 0.809. The molecule has 0 aliphatic rings. The highest BCUT2D eigenvalue weighted by molar-refractivity contribution is 7.09. The van der Waals surface area contributed by atoms with Crippen LogP contribution in [0.15, 0.2) is 27.2 Å². The van der Waals surface area contributed by atoms with Crippen molar-refractivity contribution in [3.8, 4) is 11.5 Å². The summed E-state index contributed by atoms with van der Waals surface area (Å²) in [7, 11) is 0. The van der Waals surface area contributed by atoms with E-state index in [0.29, 0.717) is 12.4 Å². The SMILES string of the molecule is Cc1csc(CNC(=O)CCn2cncc(-c3nc(C)no3)c2=O)n1. The molecule has 0 saturated heterocycles. The summed E-state index contributed by atoms with van der Waals surface area (Å²) in [6, 6.07) is 0. The van der Waals surface area contributed by atoms with Crippen LogP contribution in [0.4, 0.5) is 0 Å². The molecule has 3 aromatic rings. The molecule has 0 atom stereocenters. The fourth-order valence-electron chi connectivity index (χ4n) is 2.13. The Bertz CT molecular complexity index is 945. The lowest BCUT2D eigenvalue weighted by Gasteiger charge is -2.06. The molecule has 0 aliphatic carbocycles. The number of rotatable bonds is 6. The lowest BCUT2D eigenvalue weighted by atomic mass is 10.3. The van der Waals surface area contributed by atoms with Gasteiger partial charge in [0, 0.05) is 30.2 Å². The summed E-state index contributed by atoms with van der Waals surface area (Å²) in [5, 5.41) is 9.22. The van der Waals surface area contributed by atoms with Gasteiger partial charge in [-0.1, -0.05) is 5.16 Å². The first-order chi connectivity index (χ1) is 12.0. The molecule has 130 valence electrons. The minimum absolute atomic E-state index is 0.118. The van der Waals surface area contributed by atoms with Crippen LogP contribution in [-0.4, -0.2) is 30.6 Å². The third-order valence-electron chi connectivity index (χ3n) is 3.34. The Hall–Kier alpha value is -2.88. The van der Waals surface area contributed by atoms with E-state index in [1.165, 1.54) is 28.4 Å². The summed E-state index contributed by atoms with van der Waals surface area (Å²) < 4.78 is 6.35. The van der Waals surface area contributed by atoms with Gasteiger partial charge in [0.2, 0.25) is 5.91 Å². The lowest BCUT2D eigenvalue weighted by molar-refractivity contribution is -0.121. The maximum Gasteiger partial charge on any atom is 0.266 e. The van der Waals surface area contributed by atoms with Crippen LogP contribution in [0.5, 0.6) is 0 Å². The van der Waals surface area contributed by atoms with Crippen molar-refractivity contribution in [3.05, 3.63) is 44.8 Å². The Morgan fingerprint density at radius 1 is 1.36 bits per heavy atom. The number of aromatic nitrogens is 5. The fourth-order valence-corrected chi connectivity index (χ4v) is 2.84. The molecule has 1 N–H and O–H groups in total. The van der Waals surface area contributed by atoms with Gasteiger partial charge in [0.15, 0.2) is 5.82 Å². The van der Waals surface area contributed by atoms with E-state index in [-0.39, 0.29) is 35.9 Å². The Kier molecular flexibility index (Phi) is 4.98. The van der Waals surface area contributed by atoms with Gasteiger partial charge in [-0.2, -0.15) is 4.98 Å². The molecule has 0 aliphatic heterocycles. The zero-order valence-electron chi connectivity index (χ0n) is 13.7. The van der Waals surface area contributed by atoms with Crippen LogP contribution < -0.4 is 10.9 Å². The Balaban J connectivity index is 1.61. The van der Waals surface area contributed by atoms with E-state index in [9.17, 15) is 9.59 Å². The predicted molar refractivity (Wildman–Crippen MR) is 89.8 cm³/mol. The molecule has 0 unspecified atom stereocenters.